The average molecular weight is 296 g/mol. The van der Waals surface area contributed by atoms with E-state index in [-0.39, 0.29) is 6.10 Å². The van der Waals surface area contributed by atoms with Crippen molar-refractivity contribution in [2.45, 2.75) is 26.1 Å². The molecule has 0 rings (SSSR count). The zero-order valence-corrected chi connectivity index (χ0v) is 11.6. The number of aliphatic hydroxyl groups is 1. The molecule has 0 fully saturated rings. The van der Waals surface area contributed by atoms with Gasteiger partial charge < -0.3 is 19.9 Å². The largest absolute Gasteiger partial charge is 0.389 e. The van der Waals surface area contributed by atoms with Gasteiger partial charge in [-0.1, -0.05) is 22.5 Å². The van der Waals surface area contributed by atoms with Crippen LogP contribution in [0.25, 0.3) is 0 Å². The molecule has 16 heavy (non-hydrogen) atoms. The van der Waals surface area contributed by atoms with Crippen molar-refractivity contribution >= 4 is 15.9 Å². The van der Waals surface area contributed by atoms with Gasteiger partial charge in [-0.15, -0.1) is 0 Å². The van der Waals surface area contributed by atoms with E-state index < -0.39 is 6.10 Å². The van der Waals surface area contributed by atoms with Gasteiger partial charge in [-0.25, -0.2) is 0 Å². The highest BCUT2D eigenvalue weighted by atomic mass is 79.9. The highest BCUT2D eigenvalue weighted by Crippen LogP contribution is 1.96. The molecule has 0 saturated heterocycles. The third-order valence-electron chi connectivity index (χ3n) is 1.69. The highest BCUT2D eigenvalue weighted by molar-refractivity contribution is 9.11. The van der Waals surface area contributed by atoms with E-state index in [1.807, 2.05) is 13.8 Å². The molecule has 4 nitrogen and oxygen atoms in total. The zero-order chi connectivity index (χ0) is 12.4. The normalized spacial score (nSPS) is 13.1. The summed E-state index contributed by atoms with van der Waals surface area (Å²) >= 11 is 3.22. The van der Waals surface area contributed by atoms with E-state index in [2.05, 4.69) is 27.8 Å². The maximum absolute atomic E-state index is 9.50. The molecule has 0 saturated carbocycles. The van der Waals surface area contributed by atoms with Crippen molar-refractivity contribution < 1.29 is 14.6 Å². The maximum Gasteiger partial charge on any atom is 0.0897 e. The summed E-state index contributed by atoms with van der Waals surface area (Å²) in [5.74, 6) is 0. The minimum Gasteiger partial charge on any atom is -0.389 e. The van der Waals surface area contributed by atoms with Crippen LogP contribution in [-0.2, 0) is 9.47 Å². The third kappa shape index (κ3) is 12.1. The number of aliphatic hydroxyl groups excluding tert-OH is 1. The number of ether oxygens (including phenoxy) is 2. The maximum atomic E-state index is 9.50. The lowest BCUT2D eigenvalue weighted by Gasteiger charge is -2.12. The summed E-state index contributed by atoms with van der Waals surface area (Å²) in [6, 6.07) is 0. The fraction of sp³-hybridized carbons (Fsp3) is 0.818. The molecule has 0 radical (unpaired) electrons. The molecule has 1 unspecified atom stereocenters. The van der Waals surface area contributed by atoms with Crippen LogP contribution in [0.15, 0.2) is 11.1 Å². The standard InChI is InChI=1S/C11H22BrNO3/c1-9(2)16-5-4-15-8-11(14)7-13-6-10(3)12/h9,11,13-14H,3-8H2,1-2H3. The number of hydrogen-bond donors (Lipinski definition) is 2. The van der Waals surface area contributed by atoms with Gasteiger partial charge in [0.05, 0.1) is 32.0 Å². The van der Waals surface area contributed by atoms with Gasteiger partial charge >= 0.3 is 0 Å². The number of halogens is 1. The van der Waals surface area contributed by atoms with Crippen LogP contribution in [0, 0.1) is 0 Å². The molecule has 0 aliphatic rings. The molecule has 0 aromatic heterocycles. The fourth-order valence-corrected chi connectivity index (χ4v) is 1.19. The lowest BCUT2D eigenvalue weighted by Crippen LogP contribution is -2.31. The van der Waals surface area contributed by atoms with Gasteiger partial charge in [0, 0.05) is 17.6 Å². The van der Waals surface area contributed by atoms with Crippen molar-refractivity contribution in [1.29, 1.82) is 0 Å². The number of nitrogens with one attached hydrogen (secondary N) is 1. The summed E-state index contributed by atoms with van der Waals surface area (Å²) in [7, 11) is 0. The molecule has 0 aromatic carbocycles. The summed E-state index contributed by atoms with van der Waals surface area (Å²) in [5, 5.41) is 12.5. The van der Waals surface area contributed by atoms with Gasteiger partial charge in [0.25, 0.3) is 0 Å². The van der Waals surface area contributed by atoms with E-state index in [1.54, 1.807) is 0 Å². The molecule has 0 amide bonds. The first-order chi connectivity index (χ1) is 7.52. The van der Waals surface area contributed by atoms with Crippen molar-refractivity contribution in [1.82, 2.24) is 5.32 Å². The molecule has 0 aliphatic carbocycles. The van der Waals surface area contributed by atoms with Gasteiger partial charge in [0.1, 0.15) is 0 Å². The van der Waals surface area contributed by atoms with Crippen LogP contribution >= 0.6 is 15.9 Å². The predicted molar refractivity (Wildman–Crippen MR) is 68.9 cm³/mol. The van der Waals surface area contributed by atoms with Crippen molar-refractivity contribution in [3.8, 4) is 0 Å². The monoisotopic (exact) mass is 295 g/mol. The van der Waals surface area contributed by atoms with E-state index >= 15 is 0 Å². The van der Waals surface area contributed by atoms with Gasteiger partial charge in [-0.3, -0.25) is 0 Å². The second-order valence-electron chi connectivity index (χ2n) is 3.80. The molecule has 1 atom stereocenters. The molecule has 2 N–H and O–H groups in total. The predicted octanol–water partition coefficient (Wildman–Crippen LogP) is 1.29. The molecule has 96 valence electrons. The Labute approximate surface area is 106 Å². The Bertz CT molecular complexity index is 188. The fourth-order valence-electron chi connectivity index (χ4n) is 0.995. The lowest BCUT2D eigenvalue weighted by atomic mass is 10.4. The molecular weight excluding hydrogens is 274 g/mol. The Hall–Kier alpha value is 0.0600. The van der Waals surface area contributed by atoms with E-state index in [9.17, 15) is 5.11 Å². The van der Waals surface area contributed by atoms with Gasteiger partial charge in [0.15, 0.2) is 0 Å². The molecule has 0 aliphatic heterocycles. The quantitative estimate of drug-likeness (QED) is 0.596. The first-order valence-corrected chi connectivity index (χ1v) is 6.23. The Kier molecular flexibility index (Phi) is 10.3. The second kappa shape index (κ2) is 10.2. The molecular formula is C11H22BrNO3. The molecule has 5 heteroatoms. The average Bonchev–Trinajstić information content (AvgIpc) is 2.16. The third-order valence-corrected chi connectivity index (χ3v) is 1.97. The van der Waals surface area contributed by atoms with Crippen molar-refractivity contribution in [3.63, 3.8) is 0 Å². The first kappa shape index (κ1) is 16.1. The van der Waals surface area contributed by atoms with E-state index in [0.717, 1.165) is 4.48 Å². The Morgan fingerprint density at radius 3 is 2.69 bits per heavy atom. The Morgan fingerprint density at radius 1 is 1.44 bits per heavy atom. The number of hydrogen-bond acceptors (Lipinski definition) is 4. The van der Waals surface area contributed by atoms with Crippen LogP contribution in [-0.4, -0.2) is 50.2 Å². The minimum atomic E-state index is -0.495. The molecule has 0 spiro atoms. The summed E-state index contributed by atoms with van der Waals surface area (Å²) in [6.07, 6.45) is -0.272. The molecule has 0 bridgehead atoms. The van der Waals surface area contributed by atoms with Crippen LogP contribution in [0.3, 0.4) is 0 Å². The first-order valence-electron chi connectivity index (χ1n) is 5.43. The highest BCUT2D eigenvalue weighted by Gasteiger charge is 2.03. The summed E-state index contributed by atoms with van der Waals surface area (Å²) in [6.45, 7) is 10.2. The Morgan fingerprint density at radius 2 is 2.12 bits per heavy atom. The van der Waals surface area contributed by atoms with Crippen molar-refractivity contribution in [2.24, 2.45) is 0 Å². The van der Waals surface area contributed by atoms with Crippen LogP contribution in [0.1, 0.15) is 13.8 Å². The van der Waals surface area contributed by atoms with Crippen LogP contribution in [0.2, 0.25) is 0 Å². The second-order valence-corrected chi connectivity index (χ2v) is 4.92. The lowest BCUT2D eigenvalue weighted by molar-refractivity contribution is -0.00976. The minimum absolute atomic E-state index is 0.222. The van der Waals surface area contributed by atoms with E-state index in [4.69, 9.17) is 9.47 Å². The van der Waals surface area contributed by atoms with Gasteiger partial charge in [-0.05, 0) is 13.8 Å². The topological polar surface area (TPSA) is 50.7 Å². The summed E-state index contributed by atoms with van der Waals surface area (Å²) < 4.78 is 11.4. The smallest absolute Gasteiger partial charge is 0.0897 e. The Balaban J connectivity index is 3.23. The molecule has 0 aromatic rings. The SMILES string of the molecule is C=C(Br)CNCC(O)COCCOC(C)C. The number of rotatable bonds is 10. The summed E-state index contributed by atoms with van der Waals surface area (Å²) in [4.78, 5) is 0. The van der Waals surface area contributed by atoms with Crippen LogP contribution in [0.4, 0.5) is 0 Å². The van der Waals surface area contributed by atoms with E-state index in [0.29, 0.717) is 32.9 Å². The van der Waals surface area contributed by atoms with E-state index in [1.165, 1.54) is 0 Å². The van der Waals surface area contributed by atoms with Crippen molar-refractivity contribution in [3.05, 3.63) is 11.1 Å². The van der Waals surface area contributed by atoms with Crippen LogP contribution < -0.4 is 5.32 Å². The van der Waals surface area contributed by atoms with Gasteiger partial charge in [-0.2, -0.15) is 0 Å². The van der Waals surface area contributed by atoms with Crippen molar-refractivity contribution in [2.75, 3.05) is 32.9 Å². The molecule has 0 heterocycles. The summed E-state index contributed by atoms with van der Waals surface area (Å²) in [5.41, 5.74) is 0. The van der Waals surface area contributed by atoms with Gasteiger partial charge in [0.2, 0.25) is 0 Å². The van der Waals surface area contributed by atoms with Crippen LogP contribution in [0.5, 0.6) is 0 Å². The zero-order valence-electron chi connectivity index (χ0n) is 10.0.